The second-order valence-electron chi connectivity index (χ2n) is 4.47. The molecule has 0 heterocycles. The van der Waals surface area contributed by atoms with Crippen molar-refractivity contribution < 1.29 is 13.2 Å². The summed E-state index contributed by atoms with van der Waals surface area (Å²) in [5.74, 6) is 0. The molecule has 2 N–H and O–H groups in total. The van der Waals surface area contributed by atoms with Crippen molar-refractivity contribution >= 4 is 11.6 Å². The quantitative estimate of drug-likeness (QED) is 0.853. The first kappa shape index (κ1) is 13.3. The highest BCUT2D eigenvalue weighted by Gasteiger charge is 2.31. The molecule has 0 aliphatic carbocycles. The second kappa shape index (κ2) is 4.26. The van der Waals surface area contributed by atoms with Crippen LogP contribution in [0.25, 0.3) is 0 Å². The van der Waals surface area contributed by atoms with E-state index in [1.807, 2.05) is 0 Å². The van der Waals surface area contributed by atoms with Crippen molar-refractivity contribution in [2.75, 3.05) is 0 Å². The van der Waals surface area contributed by atoms with Crippen LogP contribution < -0.4 is 5.73 Å². The van der Waals surface area contributed by atoms with Gasteiger partial charge in [-0.25, -0.2) is 0 Å². The summed E-state index contributed by atoms with van der Waals surface area (Å²) in [6, 6.07) is 3.28. The first-order chi connectivity index (χ1) is 7.09. The molecule has 0 aliphatic heterocycles. The Labute approximate surface area is 97.4 Å². The number of hydrogen-bond donors (Lipinski definition) is 1. The summed E-state index contributed by atoms with van der Waals surface area (Å²) in [5, 5.41) is 0.312. The molecule has 0 unspecified atom stereocenters. The summed E-state index contributed by atoms with van der Waals surface area (Å²) < 4.78 is 37.4. The van der Waals surface area contributed by atoms with Crippen LogP contribution in [0.2, 0.25) is 5.02 Å². The van der Waals surface area contributed by atoms with Gasteiger partial charge in [-0.1, -0.05) is 11.6 Å². The molecule has 0 saturated heterocycles. The molecule has 1 rings (SSSR count). The Hall–Kier alpha value is -0.740. The Balaban J connectivity index is 3.10. The molecule has 0 spiro atoms. The van der Waals surface area contributed by atoms with E-state index in [0.29, 0.717) is 17.0 Å². The molecule has 5 heteroatoms. The zero-order valence-corrected chi connectivity index (χ0v) is 9.78. The number of alkyl halides is 3. The predicted molar refractivity (Wildman–Crippen MR) is 58.4 cm³/mol. The van der Waals surface area contributed by atoms with Crippen LogP contribution in [0.1, 0.15) is 25.0 Å². The minimum Gasteiger partial charge on any atom is -0.325 e. The average Bonchev–Trinajstić information content (AvgIpc) is 2.04. The summed E-state index contributed by atoms with van der Waals surface area (Å²) in [4.78, 5) is 0. The van der Waals surface area contributed by atoms with Crippen molar-refractivity contribution in [1.82, 2.24) is 0 Å². The molecule has 0 aliphatic rings. The van der Waals surface area contributed by atoms with Crippen molar-refractivity contribution in [3.8, 4) is 0 Å². The van der Waals surface area contributed by atoms with Gasteiger partial charge >= 0.3 is 6.18 Å². The van der Waals surface area contributed by atoms with Crippen LogP contribution in [0.15, 0.2) is 18.2 Å². The zero-order valence-electron chi connectivity index (χ0n) is 9.03. The maximum atomic E-state index is 12.5. The van der Waals surface area contributed by atoms with E-state index in [-0.39, 0.29) is 0 Å². The summed E-state index contributed by atoms with van der Waals surface area (Å²) in [6.45, 7) is 3.48. The van der Waals surface area contributed by atoms with Crippen LogP contribution in [-0.2, 0) is 12.6 Å². The van der Waals surface area contributed by atoms with Crippen LogP contribution in [0.4, 0.5) is 13.2 Å². The largest absolute Gasteiger partial charge is 0.416 e. The lowest BCUT2D eigenvalue weighted by molar-refractivity contribution is -0.137. The molecule has 16 heavy (non-hydrogen) atoms. The Morgan fingerprint density at radius 1 is 1.25 bits per heavy atom. The molecule has 0 bridgehead atoms. The number of halogens is 4. The van der Waals surface area contributed by atoms with Crippen LogP contribution in [0, 0.1) is 0 Å². The van der Waals surface area contributed by atoms with Gasteiger partial charge in [-0.15, -0.1) is 0 Å². The Morgan fingerprint density at radius 2 is 1.81 bits per heavy atom. The van der Waals surface area contributed by atoms with E-state index in [2.05, 4.69) is 0 Å². The van der Waals surface area contributed by atoms with Gasteiger partial charge in [-0.2, -0.15) is 13.2 Å². The Kier molecular flexibility index (Phi) is 3.55. The Morgan fingerprint density at radius 3 is 2.25 bits per heavy atom. The number of nitrogens with two attached hydrogens (primary N) is 1. The number of benzene rings is 1. The van der Waals surface area contributed by atoms with E-state index in [4.69, 9.17) is 17.3 Å². The molecular formula is C11H13ClF3N. The van der Waals surface area contributed by atoms with Crippen LogP contribution >= 0.6 is 11.6 Å². The average molecular weight is 252 g/mol. The molecule has 0 amide bonds. The topological polar surface area (TPSA) is 26.0 Å². The first-order valence-electron chi connectivity index (χ1n) is 4.74. The minimum absolute atomic E-state index is 0.301. The standard InChI is InChI=1S/C11H13ClF3N/c1-10(2,16)6-7-5-8(11(13,14)15)3-4-9(7)12/h3-5H,6,16H2,1-2H3. The van der Waals surface area contributed by atoms with Crippen molar-refractivity contribution in [2.24, 2.45) is 5.73 Å². The fourth-order valence-corrected chi connectivity index (χ4v) is 1.56. The monoisotopic (exact) mass is 251 g/mol. The molecule has 1 aromatic carbocycles. The highest BCUT2D eigenvalue weighted by Crippen LogP contribution is 2.32. The van der Waals surface area contributed by atoms with E-state index < -0.39 is 17.3 Å². The van der Waals surface area contributed by atoms with Crippen molar-refractivity contribution in [3.63, 3.8) is 0 Å². The van der Waals surface area contributed by atoms with Crippen LogP contribution in [0.3, 0.4) is 0 Å². The molecule has 90 valence electrons. The van der Waals surface area contributed by atoms with E-state index in [1.54, 1.807) is 13.8 Å². The van der Waals surface area contributed by atoms with E-state index >= 15 is 0 Å². The number of rotatable bonds is 2. The van der Waals surface area contributed by atoms with Crippen molar-refractivity contribution in [1.29, 1.82) is 0 Å². The molecule has 0 radical (unpaired) electrons. The fourth-order valence-electron chi connectivity index (χ4n) is 1.38. The van der Waals surface area contributed by atoms with Gasteiger partial charge in [0.1, 0.15) is 0 Å². The molecule has 0 atom stereocenters. The second-order valence-corrected chi connectivity index (χ2v) is 4.88. The van der Waals surface area contributed by atoms with Gasteiger partial charge in [0, 0.05) is 10.6 Å². The molecule has 0 fully saturated rings. The maximum absolute atomic E-state index is 12.5. The van der Waals surface area contributed by atoms with E-state index in [9.17, 15) is 13.2 Å². The van der Waals surface area contributed by atoms with Gasteiger partial charge in [-0.3, -0.25) is 0 Å². The lowest BCUT2D eigenvalue weighted by Crippen LogP contribution is -2.34. The molecule has 1 nitrogen and oxygen atoms in total. The lowest BCUT2D eigenvalue weighted by atomic mass is 9.95. The third kappa shape index (κ3) is 3.68. The lowest BCUT2D eigenvalue weighted by Gasteiger charge is -2.20. The predicted octanol–water partition coefficient (Wildman–Crippen LogP) is 3.64. The maximum Gasteiger partial charge on any atom is 0.416 e. The van der Waals surface area contributed by atoms with Gasteiger partial charge in [0.05, 0.1) is 5.56 Å². The zero-order chi connectivity index (χ0) is 12.6. The normalized spacial score (nSPS) is 12.9. The molecule has 1 aromatic rings. The van der Waals surface area contributed by atoms with Crippen LogP contribution in [0.5, 0.6) is 0 Å². The summed E-state index contributed by atoms with van der Waals surface area (Å²) in [5.41, 5.74) is 4.89. The van der Waals surface area contributed by atoms with E-state index in [1.165, 1.54) is 6.07 Å². The minimum atomic E-state index is -4.35. The van der Waals surface area contributed by atoms with Crippen LogP contribution in [-0.4, -0.2) is 5.54 Å². The molecule has 0 saturated carbocycles. The fraction of sp³-hybridized carbons (Fsp3) is 0.455. The SMILES string of the molecule is CC(C)(N)Cc1cc(C(F)(F)F)ccc1Cl. The summed E-state index contributed by atoms with van der Waals surface area (Å²) in [7, 11) is 0. The third-order valence-electron chi connectivity index (χ3n) is 2.02. The molecular weight excluding hydrogens is 239 g/mol. The third-order valence-corrected chi connectivity index (χ3v) is 2.39. The van der Waals surface area contributed by atoms with E-state index in [0.717, 1.165) is 12.1 Å². The highest BCUT2D eigenvalue weighted by molar-refractivity contribution is 6.31. The van der Waals surface area contributed by atoms with Crippen molar-refractivity contribution in [3.05, 3.63) is 34.3 Å². The summed E-state index contributed by atoms with van der Waals surface area (Å²) >= 11 is 5.83. The van der Waals surface area contributed by atoms with Gasteiger partial charge in [-0.05, 0) is 44.0 Å². The smallest absolute Gasteiger partial charge is 0.325 e. The Bertz CT molecular complexity index is 380. The highest BCUT2D eigenvalue weighted by atomic mass is 35.5. The van der Waals surface area contributed by atoms with Gasteiger partial charge < -0.3 is 5.73 Å². The summed E-state index contributed by atoms with van der Waals surface area (Å²) in [6.07, 6.45) is -4.05. The van der Waals surface area contributed by atoms with Gasteiger partial charge in [0.15, 0.2) is 0 Å². The first-order valence-corrected chi connectivity index (χ1v) is 5.12. The molecule has 0 aromatic heterocycles. The van der Waals surface area contributed by atoms with Gasteiger partial charge in [0.25, 0.3) is 0 Å². The van der Waals surface area contributed by atoms with Gasteiger partial charge in [0.2, 0.25) is 0 Å². The van der Waals surface area contributed by atoms with Crippen molar-refractivity contribution in [2.45, 2.75) is 32.0 Å². The number of hydrogen-bond acceptors (Lipinski definition) is 1.